The lowest BCUT2D eigenvalue weighted by Crippen LogP contribution is -2.16. The Balaban J connectivity index is 1.87. The van der Waals surface area contributed by atoms with Crippen molar-refractivity contribution in [2.75, 3.05) is 0 Å². The van der Waals surface area contributed by atoms with Crippen LogP contribution in [0.4, 0.5) is 0 Å². The fraction of sp³-hybridized carbons (Fsp3) is 0.200. The molecule has 0 bridgehead atoms. The quantitative estimate of drug-likeness (QED) is 0.620. The van der Waals surface area contributed by atoms with Gasteiger partial charge in [0.1, 0.15) is 11.5 Å². The van der Waals surface area contributed by atoms with E-state index >= 15 is 0 Å². The van der Waals surface area contributed by atoms with E-state index in [-0.39, 0.29) is 11.5 Å². The summed E-state index contributed by atoms with van der Waals surface area (Å²) >= 11 is 12.4. The lowest BCUT2D eigenvalue weighted by Gasteiger charge is -2.11. The van der Waals surface area contributed by atoms with E-state index in [2.05, 4.69) is 10.2 Å². The minimum atomic E-state index is -0.150. The maximum Gasteiger partial charge on any atom is 0.267 e. The van der Waals surface area contributed by atoms with Gasteiger partial charge in [0.05, 0.1) is 15.7 Å². The molecule has 134 valence electrons. The van der Waals surface area contributed by atoms with E-state index in [0.29, 0.717) is 28.0 Å². The largest absolute Gasteiger partial charge is 0.454 e. The van der Waals surface area contributed by atoms with E-state index in [1.807, 2.05) is 44.2 Å². The van der Waals surface area contributed by atoms with Crippen LogP contribution in [0.15, 0.2) is 53.3 Å². The highest BCUT2D eigenvalue weighted by molar-refractivity contribution is 6.32. The summed E-state index contributed by atoms with van der Waals surface area (Å²) in [7, 11) is 0. The summed E-state index contributed by atoms with van der Waals surface area (Å²) in [6.45, 7) is 3.96. The van der Waals surface area contributed by atoms with Gasteiger partial charge in [-0.1, -0.05) is 55.2 Å². The second-order valence-electron chi connectivity index (χ2n) is 6.27. The van der Waals surface area contributed by atoms with Crippen LogP contribution in [0.1, 0.15) is 36.6 Å². The Hall–Kier alpha value is -2.30. The van der Waals surface area contributed by atoms with Crippen molar-refractivity contribution in [1.29, 1.82) is 0 Å². The molecule has 3 aromatic rings. The standard InChI is InChI=1S/C20H18Cl2N2O2/c1-12(2)15-11-14(23-24-20(15)25)9-13-7-8-17(22)19(10-13)26-18-6-4-3-5-16(18)21/h3-8,10-12H,9H2,1-2H3,(H,24,25). The van der Waals surface area contributed by atoms with Crippen LogP contribution >= 0.6 is 23.2 Å². The fourth-order valence-corrected chi connectivity index (χ4v) is 2.91. The molecule has 0 spiro atoms. The van der Waals surface area contributed by atoms with E-state index in [9.17, 15) is 4.79 Å². The number of nitrogens with zero attached hydrogens (tertiary/aromatic N) is 1. The van der Waals surface area contributed by atoms with Gasteiger partial charge in [-0.25, -0.2) is 5.10 Å². The maximum atomic E-state index is 11.8. The highest BCUT2D eigenvalue weighted by Crippen LogP contribution is 2.34. The highest BCUT2D eigenvalue weighted by atomic mass is 35.5. The van der Waals surface area contributed by atoms with Gasteiger partial charge >= 0.3 is 0 Å². The zero-order valence-corrected chi connectivity index (χ0v) is 15.9. The summed E-state index contributed by atoms with van der Waals surface area (Å²) in [6, 6.07) is 14.6. The van der Waals surface area contributed by atoms with Crippen molar-refractivity contribution in [3.63, 3.8) is 0 Å². The predicted octanol–water partition coefficient (Wildman–Crippen LogP) is 5.58. The molecule has 0 aliphatic rings. The number of aromatic nitrogens is 2. The number of hydrogen-bond acceptors (Lipinski definition) is 3. The molecule has 0 aliphatic carbocycles. The zero-order valence-electron chi connectivity index (χ0n) is 14.4. The Labute approximate surface area is 161 Å². The van der Waals surface area contributed by atoms with Crippen molar-refractivity contribution in [1.82, 2.24) is 10.2 Å². The van der Waals surface area contributed by atoms with Crippen molar-refractivity contribution < 1.29 is 4.74 Å². The first-order chi connectivity index (χ1) is 12.4. The van der Waals surface area contributed by atoms with Gasteiger partial charge in [-0.05, 0) is 41.8 Å². The van der Waals surface area contributed by atoms with E-state index < -0.39 is 0 Å². The lowest BCUT2D eigenvalue weighted by atomic mass is 10.0. The summed E-state index contributed by atoms with van der Waals surface area (Å²) in [6.07, 6.45) is 0.548. The Morgan fingerprint density at radius 3 is 2.50 bits per heavy atom. The smallest absolute Gasteiger partial charge is 0.267 e. The SMILES string of the molecule is CC(C)c1cc(Cc2ccc(Cl)c(Oc3ccccc3Cl)c2)n[nH]c1=O. The minimum absolute atomic E-state index is 0.129. The maximum absolute atomic E-state index is 11.8. The number of benzene rings is 2. The number of aromatic amines is 1. The van der Waals surface area contributed by atoms with Crippen LogP contribution in [0.2, 0.25) is 10.0 Å². The van der Waals surface area contributed by atoms with E-state index in [0.717, 1.165) is 16.8 Å². The van der Waals surface area contributed by atoms with Gasteiger partial charge in [0.2, 0.25) is 0 Å². The van der Waals surface area contributed by atoms with E-state index in [4.69, 9.17) is 27.9 Å². The number of hydrogen-bond donors (Lipinski definition) is 1. The fourth-order valence-electron chi connectivity index (χ4n) is 2.57. The van der Waals surface area contributed by atoms with Gasteiger partial charge in [-0.3, -0.25) is 4.79 Å². The molecule has 0 amide bonds. The van der Waals surface area contributed by atoms with E-state index in [1.54, 1.807) is 18.2 Å². The normalized spacial score (nSPS) is 11.0. The van der Waals surface area contributed by atoms with Gasteiger partial charge in [0.25, 0.3) is 5.56 Å². The second kappa shape index (κ2) is 7.94. The molecule has 2 aromatic carbocycles. The average molecular weight is 389 g/mol. The lowest BCUT2D eigenvalue weighted by molar-refractivity contribution is 0.482. The van der Waals surface area contributed by atoms with Crippen molar-refractivity contribution >= 4 is 23.2 Å². The van der Waals surface area contributed by atoms with Gasteiger partial charge in [-0.2, -0.15) is 5.10 Å². The second-order valence-corrected chi connectivity index (χ2v) is 7.09. The molecule has 4 nitrogen and oxygen atoms in total. The molecular weight excluding hydrogens is 371 g/mol. The van der Waals surface area contributed by atoms with Crippen molar-refractivity contribution in [3.05, 3.63) is 85.8 Å². The summed E-state index contributed by atoms with van der Waals surface area (Å²) in [4.78, 5) is 11.8. The van der Waals surface area contributed by atoms with Crippen LogP contribution in [0.25, 0.3) is 0 Å². The third-order valence-corrected chi connectivity index (χ3v) is 4.57. The topological polar surface area (TPSA) is 55.0 Å². The van der Waals surface area contributed by atoms with Gasteiger partial charge in [0.15, 0.2) is 0 Å². The van der Waals surface area contributed by atoms with Crippen LogP contribution in [-0.4, -0.2) is 10.2 Å². The molecule has 6 heteroatoms. The third-order valence-electron chi connectivity index (χ3n) is 3.94. The summed E-state index contributed by atoms with van der Waals surface area (Å²) < 4.78 is 5.86. The molecule has 1 heterocycles. The Morgan fingerprint density at radius 2 is 1.77 bits per heavy atom. The number of ether oxygens (including phenoxy) is 1. The molecule has 1 N–H and O–H groups in total. The first kappa shape index (κ1) is 18.5. The van der Waals surface area contributed by atoms with Gasteiger partial charge in [0, 0.05) is 12.0 Å². The molecule has 1 aromatic heterocycles. The van der Waals surface area contributed by atoms with E-state index in [1.165, 1.54) is 0 Å². The molecular formula is C20H18Cl2N2O2. The first-order valence-corrected chi connectivity index (χ1v) is 8.99. The molecule has 0 saturated heterocycles. The van der Waals surface area contributed by atoms with Crippen LogP contribution in [0, 0.1) is 0 Å². The Morgan fingerprint density at radius 1 is 1.04 bits per heavy atom. The predicted molar refractivity (Wildman–Crippen MR) is 105 cm³/mol. The molecule has 0 radical (unpaired) electrons. The van der Waals surface area contributed by atoms with Crippen molar-refractivity contribution in [3.8, 4) is 11.5 Å². The summed E-state index contributed by atoms with van der Waals surface area (Å²) in [5.74, 6) is 1.19. The molecule has 0 aliphatic heterocycles. The van der Waals surface area contributed by atoms with Gasteiger partial charge < -0.3 is 4.74 Å². The zero-order chi connectivity index (χ0) is 18.7. The van der Waals surface area contributed by atoms with Crippen LogP contribution in [0.3, 0.4) is 0 Å². The molecule has 0 atom stereocenters. The molecule has 3 rings (SSSR count). The van der Waals surface area contributed by atoms with Crippen LogP contribution < -0.4 is 10.3 Å². The third kappa shape index (κ3) is 4.26. The Kier molecular flexibility index (Phi) is 5.64. The number of rotatable bonds is 5. The van der Waals surface area contributed by atoms with Crippen LogP contribution in [-0.2, 0) is 6.42 Å². The number of nitrogens with one attached hydrogen (secondary N) is 1. The molecule has 0 unspecified atom stereocenters. The van der Waals surface area contributed by atoms with Crippen molar-refractivity contribution in [2.24, 2.45) is 0 Å². The molecule has 26 heavy (non-hydrogen) atoms. The minimum Gasteiger partial charge on any atom is -0.454 e. The number of para-hydroxylation sites is 1. The molecule has 0 saturated carbocycles. The monoisotopic (exact) mass is 388 g/mol. The Bertz CT molecular complexity index is 984. The first-order valence-electron chi connectivity index (χ1n) is 8.23. The van der Waals surface area contributed by atoms with Crippen LogP contribution in [0.5, 0.6) is 11.5 Å². The van der Waals surface area contributed by atoms with Gasteiger partial charge in [-0.15, -0.1) is 0 Å². The number of halogens is 2. The summed E-state index contributed by atoms with van der Waals surface area (Å²) in [5.41, 5.74) is 2.31. The van der Waals surface area contributed by atoms with Crippen molar-refractivity contribution in [2.45, 2.75) is 26.2 Å². The number of H-pyrrole nitrogens is 1. The summed E-state index contributed by atoms with van der Waals surface area (Å²) in [5, 5.41) is 7.70. The highest BCUT2D eigenvalue weighted by Gasteiger charge is 2.11. The molecule has 0 fully saturated rings. The average Bonchev–Trinajstić information content (AvgIpc) is 2.61.